The second-order valence-corrected chi connectivity index (χ2v) is 6.45. The van der Waals surface area contributed by atoms with Crippen molar-refractivity contribution in [2.45, 2.75) is 52.7 Å². The zero-order valence-corrected chi connectivity index (χ0v) is 12.2. The SMILES string of the molecule is Cc1cc(N2CC(C)(C)OC(C)(C)C2)nnc1C. The Morgan fingerprint density at radius 2 is 1.61 bits per heavy atom. The number of rotatable bonds is 1. The van der Waals surface area contributed by atoms with Crippen LogP contribution in [0.1, 0.15) is 39.0 Å². The second-order valence-electron chi connectivity index (χ2n) is 6.45. The quantitative estimate of drug-likeness (QED) is 0.766. The summed E-state index contributed by atoms with van der Waals surface area (Å²) in [6, 6.07) is 2.11. The Hall–Kier alpha value is -1.16. The highest BCUT2D eigenvalue weighted by molar-refractivity contribution is 5.42. The van der Waals surface area contributed by atoms with Gasteiger partial charge >= 0.3 is 0 Å². The number of hydrogen-bond donors (Lipinski definition) is 0. The maximum Gasteiger partial charge on any atom is 0.151 e. The summed E-state index contributed by atoms with van der Waals surface area (Å²) in [7, 11) is 0. The molecule has 18 heavy (non-hydrogen) atoms. The Labute approximate surface area is 109 Å². The van der Waals surface area contributed by atoms with E-state index in [2.05, 4.69) is 55.8 Å². The summed E-state index contributed by atoms with van der Waals surface area (Å²) in [4.78, 5) is 2.27. The lowest BCUT2D eigenvalue weighted by Crippen LogP contribution is -2.57. The average Bonchev–Trinajstić information content (AvgIpc) is 2.17. The Morgan fingerprint density at radius 1 is 1.06 bits per heavy atom. The lowest BCUT2D eigenvalue weighted by Gasteiger charge is -2.47. The van der Waals surface area contributed by atoms with Crippen LogP contribution >= 0.6 is 0 Å². The third-order valence-corrected chi connectivity index (χ3v) is 3.24. The van der Waals surface area contributed by atoms with Gasteiger partial charge in [-0.15, -0.1) is 5.10 Å². The van der Waals surface area contributed by atoms with E-state index < -0.39 is 0 Å². The van der Waals surface area contributed by atoms with Crippen LogP contribution in [0.5, 0.6) is 0 Å². The van der Waals surface area contributed by atoms with E-state index in [1.807, 2.05) is 6.92 Å². The van der Waals surface area contributed by atoms with Gasteiger partial charge in [0.2, 0.25) is 0 Å². The molecule has 0 amide bonds. The van der Waals surface area contributed by atoms with Gasteiger partial charge in [-0.25, -0.2) is 0 Å². The summed E-state index contributed by atoms with van der Waals surface area (Å²) in [6.45, 7) is 14.2. The van der Waals surface area contributed by atoms with Crippen LogP contribution in [0.15, 0.2) is 6.07 Å². The summed E-state index contributed by atoms with van der Waals surface area (Å²) in [5, 5.41) is 8.53. The van der Waals surface area contributed by atoms with Crippen molar-refractivity contribution in [3.63, 3.8) is 0 Å². The summed E-state index contributed by atoms with van der Waals surface area (Å²) in [5.41, 5.74) is 1.84. The minimum atomic E-state index is -0.164. The fourth-order valence-corrected chi connectivity index (χ4v) is 2.64. The third kappa shape index (κ3) is 2.80. The predicted octanol–water partition coefficient (Wildman–Crippen LogP) is 2.49. The van der Waals surface area contributed by atoms with Gasteiger partial charge in [-0.2, -0.15) is 5.10 Å². The van der Waals surface area contributed by atoms with Crippen molar-refractivity contribution in [1.82, 2.24) is 10.2 Å². The number of ether oxygens (including phenoxy) is 1. The van der Waals surface area contributed by atoms with Crippen molar-refractivity contribution in [2.24, 2.45) is 0 Å². The molecule has 1 aliphatic heterocycles. The smallest absolute Gasteiger partial charge is 0.151 e. The molecule has 0 radical (unpaired) electrons. The molecule has 1 fully saturated rings. The van der Waals surface area contributed by atoms with Crippen LogP contribution < -0.4 is 4.90 Å². The standard InChI is InChI=1S/C14H23N3O/c1-10-7-12(16-15-11(10)2)17-8-13(3,4)18-14(5,6)9-17/h7H,8-9H2,1-6H3. The van der Waals surface area contributed by atoms with E-state index >= 15 is 0 Å². The largest absolute Gasteiger partial charge is 0.366 e. The molecule has 4 heteroatoms. The number of hydrogen-bond acceptors (Lipinski definition) is 4. The zero-order valence-electron chi connectivity index (χ0n) is 12.2. The second kappa shape index (κ2) is 4.19. The monoisotopic (exact) mass is 249 g/mol. The molecule has 100 valence electrons. The average molecular weight is 249 g/mol. The zero-order chi connectivity index (χ0) is 13.6. The van der Waals surface area contributed by atoms with Gasteiger partial charge in [0.1, 0.15) is 0 Å². The highest BCUT2D eigenvalue weighted by Crippen LogP contribution is 2.30. The highest BCUT2D eigenvalue weighted by Gasteiger charge is 2.38. The summed E-state index contributed by atoms with van der Waals surface area (Å²) in [6.07, 6.45) is 0. The Bertz CT molecular complexity index is 438. The van der Waals surface area contributed by atoms with Gasteiger partial charge in [0, 0.05) is 13.1 Å². The van der Waals surface area contributed by atoms with E-state index in [4.69, 9.17) is 4.74 Å². The normalized spacial score (nSPS) is 22.0. The molecule has 1 aliphatic rings. The first-order valence-electron chi connectivity index (χ1n) is 6.45. The molecule has 0 aromatic carbocycles. The van der Waals surface area contributed by atoms with E-state index in [9.17, 15) is 0 Å². The van der Waals surface area contributed by atoms with Crippen LogP contribution in [-0.2, 0) is 4.74 Å². The van der Waals surface area contributed by atoms with E-state index in [1.54, 1.807) is 0 Å². The number of morpholine rings is 1. The van der Waals surface area contributed by atoms with Crippen LogP contribution in [-0.4, -0.2) is 34.5 Å². The van der Waals surface area contributed by atoms with Crippen molar-refractivity contribution < 1.29 is 4.74 Å². The molecular formula is C14H23N3O. The lowest BCUT2D eigenvalue weighted by atomic mass is 9.99. The Morgan fingerprint density at radius 3 is 2.11 bits per heavy atom. The molecule has 0 atom stereocenters. The molecular weight excluding hydrogens is 226 g/mol. The molecule has 0 aliphatic carbocycles. The van der Waals surface area contributed by atoms with Gasteiger partial charge in [-0.05, 0) is 53.2 Å². The van der Waals surface area contributed by atoms with E-state index in [0.717, 1.165) is 24.6 Å². The topological polar surface area (TPSA) is 38.2 Å². The molecule has 4 nitrogen and oxygen atoms in total. The van der Waals surface area contributed by atoms with E-state index in [0.29, 0.717) is 0 Å². The molecule has 0 saturated carbocycles. The maximum absolute atomic E-state index is 6.08. The van der Waals surface area contributed by atoms with Crippen molar-refractivity contribution in [1.29, 1.82) is 0 Å². The first kappa shape index (κ1) is 13.3. The fraction of sp³-hybridized carbons (Fsp3) is 0.714. The van der Waals surface area contributed by atoms with Gasteiger partial charge in [0.25, 0.3) is 0 Å². The number of nitrogens with zero attached hydrogens (tertiary/aromatic N) is 3. The molecule has 2 rings (SSSR count). The van der Waals surface area contributed by atoms with Crippen molar-refractivity contribution in [3.8, 4) is 0 Å². The summed E-state index contributed by atoms with van der Waals surface area (Å²) >= 11 is 0. The molecule has 0 unspecified atom stereocenters. The van der Waals surface area contributed by atoms with Crippen molar-refractivity contribution >= 4 is 5.82 Å². The minimum Gasteiger partial charge on any atom is -0.366 e. The van der Waals surface area contributed by atoms with Crippen molar-refractivity contribution in [2.75, 3.05) is 18.0 Å². The van der Waals surface area contributed by atoms with Gasteiger partial charge in [-0.3, -0.25) is 0 Å². The van der Waals surface area contributed by atoms with Crippen LogP contribution in [0.2, 0.25) is 0 Å². The highest BCUT2D eigenvalue weighted by atomic mass is 16.5. The summed E-state index contributed by atoms with van der Waals surface area (Å²) < 4.78 is 6.08. The number of anilines is 1. The molecule has 1 aromatic heterocycles. The number of aryl methyl sites for hydroxylation is 2. The third-order valence-electron chi connectivity index (χ3n) is 3.24. The molecule has 0 bridgehead atoms. The van der Waals surface area contributed by atoms with Gasteiger partial charge in [-0.1, -0.05) is 0 Å². The summed E-state index contributed by atoms with van der Waals surface area (Å²) in [5.74, 6) is 0.947. The molecule has 0 spiro atoms. The Balaban J connectivity index is 2.29. The van der Waals surface area contributed by atoms with Gasteiger partial charge in [0.15, 0.2) is 5.82 Å². The maximum atomic E-state index is 6.08. The minimum absolute atomic E-state index is 0.164. The van der Waals surface area contributed by atoms with Crippen LogP contribution in [0.3, 0.4) is 0 Å². The first-order chi connectivity index (χ1) is 8.19. The lowest BCUT2D eigenvalue weighted by molar-refractivity contribution is -0.133. The van der Waals surface area contributed by atoms with Crippen molar-refractivity contribution in [3.05, 3.63) is 17.3 Å². The Kier molecular flexibility index (Phi) is 3.09. The van der Waals surface area contributed by atoms with Gasteiger partial charge < -0.3 is 9.64 Å². The molecule has 1 aromatic rings. The van der Waals surface area contributed by atoms with Crippen LogP contribution in [0.25, 0.3) is 0 Å². The molecule has 2 heterocycles. The molecule has 0 N–H and O–H groups in total. The first-order valence-corrected chi connectivity index (χ1v) is 6.45. The number of aromatic nitrogens is 2. The van der Waals surface area contributed by atoms with E-state index in [1.165, 1.54) is 5.56 Å². The predicted molar refractivity (Wildman–Crippen MR) is 73.0 cm³/mol. The fourth-order valence-electron chi connectivity index (χ4n) is 2.64. The van der Waals surface area contributed by atoms with Crippen LogP contribution in [0, 0.1) is 13.8 Å². The van der Waals surface area contributed by atoms with E-state index in [-0.39, 0.29) is 11.2 Å². The van der Waals surface area contributed by atoms with Gasteiger partial charge in [0.05, 0.1) is 16.9 Å². The van der Waals surface area contributed by atoms with Crippen LogP contribution in [0.4, 0.5) is 5.82 Å². The molecule has 1 saturated heterocycles.